The second kappa shape index (κ2) is 8.23. The Labute approximate surface area is 182 Å². The first-order valence-electron chi connectivity index (χ1n) is 9.39. The predicted octanol–water partition coefficient (Wildman–Crippen LogP) is 3.72. The van der Waals surface area contributed by atoms with Crippen molar-refractivity contribution in [2.24, 2.45) is 0 Å². The molecule has 1 atom stereocenters. The Balaban J connectivity index is 2.01. The summed E-state index contributed by atoms with van der Waals surface area (Å²) in [5.74, 6) is -1.05. The first-order valence-corrected chi connectivity index (χ1v) is 9.77. The molecule has 2 aromatic heterocycles. The van der Waals surface area contributed by atoms with Gasteiger partial charge in [0.05, 0.1) is 19.7 Å². The Bertz CT molecular complexity index is 1260. The number of benzene rings is 2. The SMILES string of the molecule is COC(=O)C(c1c[nH]nn1)c1c(C)n(C(=O)c2ccc(Cl)cc2)c2ccc(OC)cc12. The monoisotopic (exact) mass is 438 g/mol. The lowest BCUT2D eigenvalue weighted by Crippen LogP contribution is -2.19. The molecule has 0 aliphatic rings. The summed E-state index contributed by atoms with van der Waals surface area (Å²) in [7, 11) is 2.86. The van der Waals surface area contributed by atoms with Crippen molar-refractivity contribution in [3.63, 3.8) is 0 Å². The number of rotatable bonds is 5. The Morgan fingerprint density at radius 1 is 1.13 bits per heavy atom. The lowest BCUT2D eigenvalue weighted by Gasteiger charge is -2.14. The molecule has 1 N–H and O–H groups in total. The zero-order valence-corrected chi connectivity index (χ0v) is 17.8. The molecular weight excluding hydrogens is 420 g/mol. The van der Waals surface area contributed by atoms with E-state index >= 15 is 0 Å². The summed E-state index contributed by atoms with van der Waals surface area (Å²) in [5.41, 5.74) is 2.66. The smallest absolute Gasteiger partial charge is 0.319 e. The van der Waals surface area contributed by atoms with Gasteiger partial charge < -0.3 is 9.47 Å². The van der Waals surface area contributed by atoms with Crippen LogP contribution < -0.4 is 4.74 Å². The van der Waals surface area contributed by atoms with Crippen LogP contribution in [0.25, 0.3) is 10.9 Å². The summed E-state index contributed by atoms with van der Waals surface area (Å²) in [4.78, 5) is 26.3. The van der Waals surface area contributed by atoms with Crippen LogP contribution in [-0.4, -0.2) is 46.1 Å². The molecule has 8 nitrogen and oxygen atoms in total. The quantitative estimate of drug-likeness (QED) is 0.477. The van der Waals surface area contributed by atoms with E-state index in [9.17, 15) is 9.59 Å². The normalized spacial score (nSPS) is 12.0. The number of H-pyrrole nitrogens is 1. The van der Waals surface area contributed by atoms with E-state index in [0.717, 1.165) is 0 Å². The van der Waals surface area contributed by atoms with Crippen LogP contribution in [0.15, 0.2) is 48.7 Å². The molecule has 0 bridgehead atoms. The second-order valence-corrected chi connectivity index (χ2v) is 7.32. The van der Waals surface area contributed by atoms with E-state index in [0.29, 0.717) is 44.2 Å². The average Bonchev–Trinajstić information content (AvgIpc) is 3.40. The van der Waals surface area contributed by atoms with Gasteiger partial charge in [0, 0.05) is 33.4 Å². The first kappa shape index (κ1) is 20.6. The fraction of sp³-hybridized carbons (Fsp3) is 0.182. The average molecular weight is 439 g/mol. The molecule has 31 heavy (non-hydrogen) atoms. The van der Waals surface area contributed by atoms with Gasteiger partial charge in [-0.15, -0.1) is 5.10 Å². The van der Waals surface area contributed by atoms with Gasteiger partial charge in [-0.05, 0) is 49.4 Å². The van der Waals surface area contributed by atoms with Crippen molar-refractivity contribution < 1.29 is 19.1 Å². The van der Waals surface area contributed by atoms with E-state index < -0.39 is 11.9 Å². The van der Waals surface area contributed by atoms with Gasteiger partial charge in [0.15, 0.2) is 0 Å². The van der Waals surface area contributed by atoms with Crippen LogP contribution in [0.5, 0.6) is 5.75 Å². The highest BCUT2D eigenvalue weighted by atomic mass is 35.5. The fourth-order valence-corrected chi connectivity index (χ4v) is 3.88. The fourth-order valence-electron chi connectivity index (χ4n) is 3.75. The third kappa shape index (κ3) is 3.55. The van der Waals surface area contributed by atoms with Crippen LogP contribution in [0.3, 0.4) is 0 Å². The maximum Gasteiger partial charge on any atom is 0.319 e. The standard InChI is InChI=1S/C22H19ClN4O4/c1-12-19(20(22(29)31-3)17-11-24-26-25-17)16-10-15(30-2)8-9-18(16)27(12)21(28)13-4-6-14(23)7-5-13/h4-11,20H,1-3H3,(H,24,25,26). The molecule has 9 heteroatoms. The summed E-state index contributed by atoms with van der Waals surface area (Å²) in [6.45, 7) is 1.78. The number of ether oxygens (including phenoxy) is 2. The third-order valence-electron chi connectivity index (χ3n) is 5.21. The number of hydrogen-bond acceptors (Lipinski definition) is 6. The minimum absolute atomic E-state index is 0.251. The van der Waals surface area contributed by atoms with E-state index in [4.69, 9.17) is 21.1 Å². The molecule has 0 amide bonds. The van der Waals surface area contributed by atoms with Gasteiger partial charge in [-0.2, -0.15) is 0 Å². The lowest BCUT2D eigenvalue weighted by molar-refractivity contribution is -0.141. The van der Waals surface area contributed by atoms with Crippen molar-refractivity contribution >= 4 is 34.4 Å². The topological polar surface area (TPSA) is 99.1 Å². The van der Waals surface area contributed by atoms with E-state index in [1.165, 1.54) is 13.3 Å². The largest absolute Gasteiger partial charge is 0.497 e. The van der Waals surface area contributed by atoms with Gasteiger partial charge in [0.2, 0.25) is 0 Å². The second-order valence-electron chi connectivity index (χ2n) is 6.88. The van der Waals surface area contributed by atoms with Crippen LogP contribution in [0.4, 0.5) is 0 Å². The Morgan fingerprint density at radius 2 is 1.87 bits per heavy atom. The molecule has 0 saturated carbocycles. The molecule has 0 aliphatic heterocycles. The molecule has 0 spiro atoms. The number of methoxy groups -OCH3 is 2. The molecule has 0 aliphatic carbocycles. The van der Waals surface area contributed by atoms with Gasteiger partial charge in [0.1, 0.15) is 17.4 Å². The predicted molar refractivity (Wildman–Crippen MR) is 115 cm³/mol. The molecular formula is C22H19ClN4O4. The van der Waals surface area contributed by atoms with Crippen molar-refractivity contribution in [3.05, 3.63) is 76.2 Å². The number of carbonyl (C=O) groups is 2. The number of carbonyl (C=O) groups excluding carboxylic acids is 2. The van der Waals surface area contributed by atoms with Crippen molar-refractivity contribution in [2.45, 2.75) is 12.8 Å². The zero-order valence-electron chi connectivity index (χ0n) is 17.0. The van der Waals surface area contributed by atoms with Crippen LogP contribution in [0.2, 0.25) is 5.02 Å². The van der Waals surface area contributed by atoms with E-state index in [1.54, 1.807) is 61.1 Å². The Morgan fingerprint density at radius 3 is 2.48 bits per heavy atom. The number of esters is 1. The van der Waals surface area contributed by atoms with Gasteiger partial charge in [-0.3, -0.25) is 19.3 Å². The highest BCUT2D eigenvalue weighted by Gasteiger charge is 2.33. The summed E-state index contributed by atoms with van der Waals surface area (Å²) in [6.07, 6.45) is 1.53. The molecule has 0 radical (unpaired) electrons. The lowest BCUT2D eigenvalue weighted by atomic mass is 9.93. The highest BCUT2D eigenvalue weighted by molar-refractivity contribution is 6.30. The number of fused-ring (bicyclic) bond motifs is 1. The number of aromatic amines is 1. The van der Waals surface area contributed by atoms with Crippen LogP contribution in [0, 0.1) is 6.92 Å². The summed E-state index contributed by atoms with van der Waals surface area (Å²) >= 11 is 5.98. The van der Waals surface area contributed by atoms with Gasteiger partial charge in [-0.25, -0.2) is 0 Å². The summed E-state index contributed by atoms with van der Waals surface area (Å²) in [6, 6.07) is 12.0. The van der Waals surface area contributed by atoms with Crippen LogP contribution in [-0.2, 0) is 9.53 Å². The Hall–Kier alpha value is -3.65. The van der Waals surface area contributed by atoms with Crippen molar-refractivity contribution in [3.8, 4) is 5.75 Å². The first-order chi connectivity index (χ1) is 15.0. The van der Waals surface area contributed by atoms with Gasteiger partial charge in [-0.1, -0.05) is 16.8 Å². The molecule has 158 valence electrons. The van der Waals surface area contributed by atoms with Gasteiger partial charge >= 0.3 is 5.97 Å². The zero-order chi connectivity index (χ0) is 22.1. The molecule has 4 rings (SSSR count). The number of aromatic nitrogens is 4. The third-order valence-corrected chi connectivity index (χ3v) is 5.46. The summed E-state index contributed by atoms with van der Waals surface area (Å²) in [5, 5.41) is 11.6. The Kier molecular flexibility index (Phi) is 5.48. The van der Waals surface area contributed by atoms with E-state index in [-0.39, 0.29) is 5.91 Å². The number of nitrogens with zero attached hydrogens (tertiary/aromatic N) is 3. The maximum atomic E-state index is 13.4. The van der Waals surface area contributed by atoms with E-state index in [1.807, 2.05) is 0 Å². The van der Waals surface area contributed by atoms with Crippen molar-refractivity contribution in [2.75, 3.05) is 14.2 Å². The number of hydrogen-bond donors (Lipinski definition) is 1. The minimum Gasteiger partial charge on any atom is -0.497 e. The molecule has 1 unspecified atom stereocenters. The highest BCUT2D eigenvalue weighted by Crippen LogP contribution is 2.37. The molecule has 0 fully saturated rings. The van der Waals surface area contributed by atoms with Crippen LogP contribution >= 0.6 is 11.6 Å². The molecule has 2 heterocycles. The van der Waals surface area contributed by atoms with E-state index in [2.05, 4.69) is 15.4 Å². The molecule has 4 aromatic rings. The number of halogens is 1. The summed E-state index contributed by atoms with van der Waals surface area (Å²) < 4.78 is 12.0. The van der Waals surface area contributed by atoms with Gasteiger partial charge in [0.25, 0.3) is 5.91 Å². The van der Waals surface area contributed by atoms with Crippen molar-refractivity contribution in [1.29, 1.82) is 0 Å². The number of nitrogens with one attached hydrogen (secondary N) is 1. The molecule has 0 saturated heterocycles. The van der Waals surface area contributed by atoms with Crippen LogP contribution in [0.1, 0.15) is 33.2 Å². The minimum atomic E-state index is -0.877. The molecule has 2 aromatic carbocycles. The van der Waals surface area contributed by atoms with Crippen molar-refractivity contribution in [1.82, 2.24) is 20.0 Å². The maximum absolute atomic E-state index is 13.4.